The van der Waals surface area contributed by atoms with Crippen molar-refractivity contribution in [1.29, 1.82) is 0 Å². The van der Waals surface area contributed by atoms with Gasteiger partial charge in [0.15, 0.2) is 0 Å². The molecule has 0 heterocycles. The lowest BCUT2D eigenvalue weighted by Crippen LogP contribution is -2.40. The van der Waals surface area contributed by atoms with Gasteiger partial charge in [0.2, 0.25) is 11.8 Å². The van der Waals surface area contributed by atoms with Crippen LogP contribution in [0.4, 0.5) is 5.69 Å². The van der Waals surface area contributed by atoms with Crippen LogP contribution >= 0.6 is 11.6 Å². The second-order valence-electron chi connectivity index (χ2n) is 5.98. The number of carbonyl (C=O) groups excluding carboxylic acids is 3. The first-order chi connectivity index (χ1) is 12.9. The van der Waals surface area contributed by atoms with E-state index in [1.54, 1.807) is 36.4 Å². The molecule has 0 radical (unpaired) electrons. The van der Waals surface area contributed by atoms with E-state index in [2.05, 4.69) is 10.6 Å². The fourth-order valence-electron chi connectivity index (χ4n) is 2.48. The van der Waals surface area contributed by atoms with Crippen molar-refractivity contribution < 1.29 is 14.4 Å². The lowest BCUT2D eigenvalue weighted by molar-refractivity contribution is -0.122. The van der Waals surface area contributed by atoms with E-state index in [-0.39, 0.29) is 24.3 Å². The Balaban J connectivity index is 1.96. The van der Waals surface area contributed by atoms with Crippen LogP contribution in [-0.2, 0) is 16.1 Å². The molecule has 0 spiro atoms. The number of rotatable bonds is 7. The highest BCUT2D eigenvalue weighted by Gasteiger charge is 2.17. The van der Waals surface area contributed by atoms with Crippen molar-refractivity contribution in [3.63, 3.8) is 0 Å². The van der Waals surface area contributed by atoms with Gasteiger partial charge in [-0.1, -0.05) is 29.8 Å². The fourth-order valence-corrected chi connectivity index (χ4v) is 2.60. The normalized spacial score (nSPS) is 10.2. The number of benzene rings is 2. The SMILES string of the molecule is CCN(CC(=O)NCc1ccc(Cl)cc1)C(=O)c1cccc(NC(C)=O)c1. The fraction of sp³-hybridized carbons (Fsp3) is 0.250. The molecular weight excluding hydrogens is 366 g/mol. The van der Waals surface area contributed by atoms with E-state index >= 15 is 0 Å². The first kappa shape index (κ1) is 20.5. The van der Waals surface area contributed by atoms with Crippen LogP contribution in [0.2, 0.25) is 5.02 Å². The van der Waals surface area contributed by atoms with Crippen LogP contribution in [0.5, 0.6) is 0 Å². The highest BCUT2D eigenvalue weighted by atomic mass is 35.5. The maximum atomic E-state index is 12.7. The summed E-state index contributed by atoms with van der Waals surface area (Å²) >= 11 is 5.84. The highest BCUT2D eigenvalue weighted by molar-refractivity contribution is 6.30. The van der Waals surface area contributed by atoms with Crippen LogP contribution in [0.15, 0.2) is 48.5 Å². The topological polar surface area (TPSA) is 78.5 Å². The molecule has 3 amide bonds. The number of amides is 3. The maximum absolute atomic E-state index is 12.7. The highest BCUT2D eigenvalue weighted by Crippen LogP contribution is 2.13. The van der Waals surface area contributed by atoms with Gasteiger partial charge in [-0.05, 0) is 42.8 Å². The molecular formula is C20H22ClN3O3. The predicted octanol–water partition coefficient (Wildman–Crippen LogP) is 3.08. The molecule has 0 atom stereocenters. The quantitative estimate of drug-likeness (QED) is 0.766. The lowest BCUT2D eigenvalue weighted by Gasteiger charge is -2.21. The third-order valence-electron chi connectivity index (χ3n) is 3.84. The van der Waals surface area contributed by atoms with Crippen LogP contribution < -0.4 is 10.6 Å². The largest absolute Gasteiger partial charge is 0.350 e. The molecule has 0 aliphatic heterocycles. The van der Waals surface area contributed by atoms with Crippen LogP contribution in [0.3, 0.4) is 0 Å². The number of carbonyl (C=O) groups is 3. The van der Waals surface area contributed by atoms with Gasteiger partial charge < -0.3 is 15.5 Å². The van der Waals surface area contributed by atoms with Gasteiger partial charge in [-0.15, -0.1) is 0 Å². The monoisotopic (exact) mass is 387 g/mol. The van der Waals surface area contributed by atoms with Crippen LogP contribution in [0, 0.1) is 0 Å². The molecule has 6 nitrogen and oxygen atoms in total. The number of likely N-dealkylation sites (N-methyl/N-ethyl adjacent to an activating group) is 1. The standard InChI is InChI=1S/C20H22ClN3O3/c1-3-24(13-19(26)22-12-15-7-9-17(21)10-8-15)20(27)16-5-4-6-18(11-16)23-14(2)25/h4-11H,3,12-13H2,1-2H3,(H,22,26)(H,23,25). The van der Waals surface area contributed by atoms with Crippen LogP contribution in [-0.4, -0.2) is 35.7 Å². The third-order valence-corrected chi connectivity index (χ3v) is 4.09. The Labute approximate surface area is 163 Å². The average Bonchev–Trinajstić information content (AvgIpc) is 2.65. The molecule has 142 valence electrons. The zero-order valence-corrected chi connectivity index (χ0v) is 16.0. The van der Waals surface area contributed by atoms with Crippen molar-refractivity contribution in [1.82, 2.24) is 10.2 Å². The van der Waals surface area contributed by atoms with Gasteiger partial charge in [-0.3, -0.25) is 14.4 Å². The Hall–Kier alpha value is -2.86. The zero-order chi connectivity index (χ0) is 19.8. The molecule has 2 aromatic rings. The molecule has 0 unspecified atom stereocenters. The molecule has 0 saturated carbocycles. The van der Waals surface area contributed by atoms with E-state index < -0.39 is 0 Å². The van der Waals surface area contributed by atoms with E-state index in [9.17, 15) is 14.4 Å². The van der Waals surface area contributed by atoms with E-state index in [0.717, 1.165) is 5.56 Å². The molecule has 7 heteroatoms. The molecule has 2 N–H and O–H groups in total. The van der Waals surface area contributed by atoms with Gasteiger partial charge in [0.25, 0.3) is 5.91 Å². The third kappa shape index (κ3) is 6.42. The summed E-state index contributed by atoms with van der Waals surface area (Å²) in [4.78, 5) is 37.5. The number of hydrogen-bond donors (Lipinski definition) is 2. The minimum absolute atomic E-state index is 0.0483. The minimum Gasteiger partial charge on any atom is -0.350 e. The number of hydrogen-bond acceptors (Lipinski definition) is 3. The van der Waals surface area contributed by atoms with E-state index in [4.69, 9.17) is 11.6 Å². The Morgan fingerprint density at radius 1 is 1.07 bits per heavy atom. The first-order valence-electron chi connectivity index (χ1n) is 8.57. The maximum Gasteiger partial charge on any atom is 0.254 e. The van der Waals surface area contributed by atoms with Gasteiger partial charge in [0.05, 0.1) is 6.54 Å². The van der Waals surface area contributed by atoms with Crippen molar-refractivity contribution in [2.45, 2.75) is 20.4 Å². The van der Waals surface area contributed by atoms with Crippen LogP contribution in [0.1, 0.15) is 29.8 Å². The minimum atomic E-state index is -0.272. The molecule has 0 aliphatic rings. The second-order valence-corrected chi connectivity index (χ2v) is 6.42. The molecule has 0 bridgehead atoms. The van der Waals surface area contributed by atoms with Crippen molar-refractivity contribution in [2.75, 3.05) is 18.4 Å². The molecule has 27 heavy (non-hydrogen) atoms. The Bertz CT molecular complexity index is 821. The van der Waals surface area contributed by atoms with E-state index in [1.807, 2.05) is 19.1 Å². The summed E-state index contributed by atoms with van der Waals surface area (Å²) in [6.07, 6.45) is 0. The molecule has 0 aliphatic carbocycles. The number of nitrogens with one attached hydrogen (secondary N) is 2. The van der Waals surface area contributed by atoms with Crippen molar-refractivity contribution in [3.05, 3.63) is 64.7 Å². The summed E-state index contributed by atoms with van der Waals surface area (Å²) < 4.78 is 0. The van der Waals surface area contributed by atoms with Crippen LogP contribution in [0.25, 0.3) is 0 Å². The summed E-state index contributed by atoms with van der Waals surface area (Å²) in [5.41, 5.74) is 1.87. The summed E-state index contributed by atoms with van der Waals surface area (Å²) in [5.74, 6) is -0.738. The van der Waals surface area contributed by atoms with Gasteiger partial charge >= 0.3 is 0 Å². The first-order valence-corrected chi connectivity index (χ1v) is 8.95. The average molecular weight is 388 g/mol. The summed E-state index contributed by atoms with van der Waals surface area (Å²) in [5, 5.41) is 6.07. The van der Waals surface area contributed by atoms with Gasteiger partial charge in [0, 0.05) is 36.3 Å². The zero-order valence-electron chi connectivity index (χ0n) is 15.3. The smallest absolute Gasteiger partial charge is 0.254 e. The van der Waals surface area contributed by atoms with E-state index in [0.29, 0.717) is 29.4 Å². The number of nitrogens with zero attached hydrogens (tertiary/aromatic N) is 1. The molecule has 2 aromatic carbocycles. The summed E-state index contributed by atoms with van der Waals surface area (Å²) in [6.45, 7) is 3.91. The number of halogens is 1. The van der Waals surface area contributed by atoms with Gasteiger partial charge in [0.1, 0.15) is 0 Å². The molecule has 2 rings (SSSR count). The molecule has 0 fully saturated rings. The molecule has 0 aromatic heterocycles. The van der Waals surface area contributed by atoms with Gasteiger partial charge in [-0.25, -0.2) is 0 Å². The van der Waals surface area contributed by atoms with Crippen molar-refractivity contribution >= 4 is 35.0 Å². The Morgan fingerprint density at radius 2 is 1.78 bits per heavy atom. The van der Waals surface area contributed by atoms with E-state index in [1.165, 1.54) is 11.8 Å². The number of anilines is 1. The second kappa shape index (κ2) is 9.73. The Morgan fingerprint density at radius 3 is 2.41 bits per heavy atom. The van der Waals surface area contributed by atoms with Gasteiger partial charge in [-0.2, -0.15) is 0 Å². The molecule has 0 saturated heterocycles. The lowest BCUT2D eigenvalue weighted by atomic mass is 10.1. The predicted molar refractivity (Wildman–Crippen MR) is 106 cm³/mol. The summed E-state index contributed by atoms with van der Waals surface area (Å²) in [6, 6.07) is 13.8. The van der Waals surface area contributed by atoms with Crippen molar-refractivity contribution in [3.8, 4) is 0 Å². The van der Waals surface area contributed by atoms with Crippen molar-refractivity contribution in [2.24, 2.45) is 0 Å². The summed E-state index contributed by atoms with van der Waals surface area (Å²) in [7, 11) is 0. The Kier molecular flexibility index (Phi) is 7.37.